The van der Waals surface area contributed by atoms with Crippen LogP contribution in [0.15, 0.2) is 0 Å². The Kier molecular flexibility index (Phi) is 7.39. The minimum absolute atomic E-state index is 0.0393. The van der Waals surface area contributed by atoms with Crippen LogP contribution in [0, 0.1) is 0 Å². The van der Waals surface area contributed by atoms with E-state index >= 15 is 0 Å². The summed E-state index contributed by atoms with van der Waals surface area (Å²) in [5, 5.41) is 16.4. The average molecular weight is 270 g/mol. The average Bonchev–Trinajstić information content (AvgIpc) is 2.55. The van der Waals surface area contributed by atoms with Crippen molar-refractivity contribution in [3.63, 3.8) is 0 Å². The van der Waals surface area contributed by atoms with Crippen molar-refractivity contribution in [3.05, 3.63) is 0 Å². The topological polar surface area (TPSA) is 61.4 Å². The molecule has 0 aromatic heterocycles. The molecule has 4 nitrogen and oxygen atoms in total. The van der Waals surface area contributed by atoms with Gasteiger partial charge in [-0.05, 0) is 33.1 Å². The molecule has 0 bridgehead atoms. The third-order valence-electron chi connectivity index (χ3n) is 3.95. The lowest BCUT2D eigenvalue weighted by Crippen LogP contribution is -2.51. The van der Waals surface area contributed by atoms with Crippen LogP contribution in [0.4, 0.5) is 0 Å². The summed E-state index contributed by atoms with van der Waals surface area (Å²) in [5.74, 6) is 0.0393. The van der Waals surface area contributed by atoms with Gasteiger partial charge >= 0.3 is 0 Å². The summed E-state index contributed by atoms with van der Waals surface area (Å²) in [6.07, 6.45) is 6.98. The first kappa shape index (κ1) is 16.4. The first-order valence-electron chi connectivity index (χ1n) is 7.79. The van der Waals surface area contributed by atoms with E-state index in [1.165, 1.54) is 6.42 Å². The fourth-order valence-corrected chi connectivity index (χ4v) is 2.75. The second-order valence-corrected chi connectivity index (χ2v) is 5.90. The van der Waals surface area contributed by atoms with Gasteiger partial charge in [0.05, 0.1) is 12.1 Å². The van der Waals surface area contributed by atoms with Crippen LogP contribution in [0.2, 0.25) is 0 Å². The molecule has 4 atom stereocenters. The van der Waals surface area contributed by atoms with Gasteiger partial charge in [-0.25, -0.2) is 0 Å². The summed E-state index contributed by atoms with van der Waals surface area (Å²) in [4.78, 5) is 12.0. The Bertz CT molecular complexity index is 271. The van der Waals surface area contributed by atoms with Crippen LogP contribution in [-0.2, 0) is 4.79 Å². The monoisotopic (exact) mass is 270 g/mol. The van der Waals surface area contributed by atoms with Gasteiger partial charge in [-0.15, -0.1) is 0 Å². The third-order valence-corrected chi connectivity index (χ3v) is 3.95. The molecule has 0 radical (unpaired) electrons. The third kappa shape index (κ3) is 5.91. The maximum absolute atomic E-state index is 12.0. The highest BCUT2D eigenvalue weighted by molar-refractivity contribution is 5.81. The van der Waals surface area contributed by atoms with Crippen molar-refractivity contribution in [3.8, 4) is 0 Å². The van der Waals surface area contributed by atoms with Crippen molar-refractivity contribution in [1.82, 2.24) is 10.6 Å². The highest BCUT2D eigenvalue weighted by atomic mass is 16.3. The second kappa shape index (κ2) is 8.54. The van der Waals surface area contributed by atoms with Crippen LogP contribution in [0.5, 0.6) is 0 Å². The Labute approximate surface area is 117 Å². The lowest BCUT2D eigenvalue weighted by molar-refractivity contribution is -0.123. The molecule has 0 heterocycles. The second-order valence-electron chi connectivity index (χ2n) is 5.90. The smallest absolute Gasteiger partial charge is 0.237 e. The van der Waals surface area contributed by atoms with E-state index in [2.05, 4.69) is 17.6 Å². The number of hydrogen-bond donors (Lipinski definition) is 3. The zero-order valence-corrected chi connectivity index (χ0v) is 12.6. The summed E-state index contributed by atoms with van der Waals surface area (Å²) in [6.45, 7) is 6.03. The number of hydrogen-bond acceptors (Lipinski definition) is 3. The quantitative estimate of drug-likeness (QED) is 0.647. The SMILES string of the molecule is CCCC(C)NC(=O)C(C)NC1CCCCCC1O. The maximum atomic E-state index is 12.0. The number of aliphatic hydroxyl groups is 1. The number of nitrogens with one attached hydrogen (secondary N) is 2. The predicted molar refractivity (Wildman–Crippen MR) is 78.0 cm³/mol. The molecule has 1 saturated carbocycles. The van der Waals surface area contributed by atoms with Crippen molar-refractivity contribution in [2.24, 2.45) is 0 Å². The van der Waals surface area contributed by atoms with Gasteiger partial charge in [-0.1, -0.05) is 32.6 Å². The molecule has 1 amide bonds. The van der Waals surface area contributed by atoms with Crippen LogP contribution >= 0.6 is 0 Å². The first-order chi connectivity index (χ1) is 9.04. The van der Waals surface area contributed by atoms with Gasteiger partial charge in [-0.2, -0.15) is 0 Å². The highest BCUT2D eigenvalue weighted by Crippen LogP contribution is 2.18. The molecular formula is C15H30N2O2. The summed E-state index contributed by atoms with van der Waals surface area (Å²) in [7, 11) is 0. The van der Waals surface area contributed by atoms with Crippen molar-refractivity contribution in [2.45, 2.75) is 89.9 Å². The van der Waals surface area contributed by atoms with Crippen LogP contribution in [0.25, 0.3) is 0 Å². The van der Waals surface area contributed by atoms with E-state index in [0.717, 1.165) is 38.5 Å². The maximum Gasteiger partial charge on any atom is 0.237 e. The predicted octanol–water partition coefficient (Wildman–Crippen LogP) is 1.96. The minimum Gasteiger partial charge on any atom is -0.392 e. The molecule has 1 rings (SSSR count). The number of aliphatic hydroxyl groups excluding tert-OH is 1. The van der Waals surface area contributed by atoms with Gasteiger partial charge in [0.15, 0.2) is 0 Å². The number of carbonyl (C=O) groups excluding carboxylic acids is 1. The number of amides is 1. The molecule has 0 aliphatic heterocycles. The van der Waals surface area contributed by atoms with E-state index < -0.39 is 0 Å². The summed E-state index contributed by atoms with van der Waals surface area (Å²) >= 11 is 0. The molecule has 4 heteroatoms. The van der Waals surface area contributed by atoms with Crippen LogP contribution < -0.4 is 10.6 Å². The molecule has 1 aliphatic carbocycles. The molecule has 0 saturated heterocycles. The molecule has 0 aromatic carbocycles. The molecule has 19 heavy (non-hydrogen) atoms. The lowest BCUT2D eigenvalue weighted by Gasteiger charge is -2.26. The Morgan fingerprint density at radius 3 is 2.63 bits per heavy atom. The van der Waals surface area contributed by atoms with E-state index in [1.54, 1.807) is 0 Å². The summed E-state index contributed by atoms with van der Waals surface area (Å²) in [5.41, 5.74) is 0. The van der Waals surface area contributed by atoms with Crippen molar-refractivity contribution in [2.75, 3.05) is 0 Å². The Balaban J connectivity index is 2.39. The molecule has 1 aliphatic rings. The van der Waals surface area contributed by atoms with E-state index in [-0.39, 0.29) is 30.1 Å². The lowest BCUT2D eigenvalue weighted by atomic mass is 10.0. The van der Waals surface area contributed by atoms with Crippen molar-refractivity contribution in [1.29, 1.82) is 0 Å². The van der Waals surface area contributed by atoms with Gasteiger partial charge in [0.25, 0.3) is 0 Å². The molecule has 0 aromatic rings. The van der Waals surface area contributed by atoms with Crippen molar-refractivity contribution < 1.29 is 9.90 Å². The fraction of sp³-hybridized carbons (Fsp3) is 0.933. The zero-order valence-electron chi connectivity index (χ0n) is 12.6. The summed E-state index contributed by atoms with van der Waals surface area (Å²) < 4.78 is 0. The van der Waals surface area contributed by atoms with Gasteiger partial charge in [0.1, 0.15) is 0 Å². The van der Waals surface area contributed by atoms with Gasteiger partial charge in [0.2, 0.25) is 5.91 Å². The van der Waals surface area contributed by atoms with E-state index in [9.17, 15) is 9.90 Å². The highest BCUT2D eigenvalue weighted by Gasteiger charge is 2.25. The van der Waals surface area contributed by atoms with Gasteiger partial charge in [-0.3, -0.25) is 4.79 Å². The standard InChI is InChI=1S/C15H30N2O2/c1-4-8-11(2)16-15(19)12(3)17-13-9-6-5-7-10-14(13)18/h11-14,17-18H,4-10H2,1-3H3,(H,16,19). The Hall–Kier alpha value is -0.610. The van der Waals surface area contributed by atoms with Gasteiger partial charge in [0, 0.05) is 12.1 Å². The zero-order chi connectivity index (χ0) is 14.3. The minimum atomic E-state index is -0.314. The molecule has 3 N–H and O–H groups in total. The van der Waals surface area contributed by atoms with Crippen molar-refractivity contribution >= 4 is 5.91 Å². The number of rotatable bonds is 6. The van der Waals surface area contributed by atoms with Gasteiger partial charge < -0.3 is 15.7 Å². The molecule has 1 fully saturated rings. The first-order valence-corrected chi connectivity index (χ1v) is 7.79. The molecule has 4 unspecified atom stereocenters. The molecule has 0 spiro atoms. The largest absolute Gasteiger partial charge is 0.392 e. The van der Waals surface area contributed by atoms with Crippen LogP contribution in [0.1, 0.15) is 65.7 Å². The van der Waals surface area contributed by atoms with Crippen LogP contribution in [-0.4, -0.2) is 35.2 Å². The fourth-order valence-electron chi connectivity index (χ4n) is 2.75. The number of carbonyl (C=O) groups is 1. The normalized spacial score (nSPS) is 27.4. The Morgan fingerprint density at radius 1 is 1.26 bits per heavy atom. The molecule has 112 valence electrons. The summed E-state index contributed by atoms with van der Waals surface area (Å²) in [6, 6.07) is 0.0441. The van der Waals surface area contributed by atoms with E-state index in [1.807, 2.05) is 13.8 Å². The van der Waals surface area contributed by atoms with Crippen LogP contribution in [0.3, 0.4) is 0 Å². The van der Waals surface area contributed by atoms with E-state index in [4.69, 9.17) is 0 Å². The molecular weight excluding hydrogens is 240 g/mol. The van der Waals surface area contributed by atoms with E-state index in [0.29, 0.717) is 0 Å². The Morgan fingerprint density at radius 2 is 1.95 bits per heavy atom.